The molecule has 2 N–H and O–H groups in total. The Labute approximate surface area is 123 Å². The summed E-state index contributed by atoms with van der Waals surface area (Å²) in [6.45, 7) is 2.14. The topological polar surface area (TPSA) is 35.2 Å². The molecular weight excluding hydrogens is 277 g/mol. The minimum Gasteiger partial charge on any atom is -0.488 e. The molecule has 2 nitrogen and oxygen atoms in total. The van der Waals surface area contributed by atoms with E-state index in [1.54, 1.807) is 6.07 Å². The number of rotatable bonds is 5. The lowest BCUT2D eigenvalue weighted by Gasteiger charge is -2.16. The van der Waals surface area contributed by atoms with Crippen molar-refractivity contribution in [3.05, 3.63) is 64.4 Å². The predicted molar refractivity (Wildman–Crippen MR) is 79.4 cm³/mol. The van der Waals surface area contributed by atoms with Crippen LogP contribution in [0.4, 0.5) is 4.39 Å². The van der Waals surface area contributed by atoms with Crippen LogP contribution in [0.1, 0.15) is 30.5 Å². The van der Waals surface area contributed by atoms with Crippen LogP contribution in [-0.2, 0) is 6.61 Å². The van der Waals surface area contributed by atoms with Gasteiger partial charge in [-0.15, -0.1) is 0 Å². The SMILES string of the molecule is CC[C@H](N)c1ccccc1OCc1cc(Cl)ccc1F. The van der Waals surface area contributed by atoms with Gasteiger partial charge in [-0.1, -0.05) is 36.7 Å². The van der Waals surface area contributed by atoms with Gasteiger partial charge in [-0.25, -0.2) is 4.39 Å². The van der Waals surface area contributed by atoms with Crippen LogP contribution in [0.3, 0.4) is 0 Å². The summed E-state index contributed by atoms with van der Waals surface area (Å²) >= 11 is 5.86. The van der Waals surface area contributed by atoms with E-state index < -0.39 is 0 Å². The van der Waals surface area contributed by atoms with E-state index in [-0.39, 0.29) is 18.5 Å². The van der Waals surface area contributed by atoms with Crippen LogP contribution in [0, 0.1) is 5.82 Å². The van der Waals surface area contributed by atoms with E-state index in [4.69, 9.17) is 22.1 Å². The molecule has 20 heavy (non-hydrogen) atoms. The number of hydrogen-bond acceptors (Lipinski definition) is 2. The summed E-state index contributed by atoms with van der Waals surface area (Å²) in [5.74, 6) is 0.355. The van der Waals surface area contributed by atoms with Gasteiger partial charge in [0.25, 0.3) is 0 Å². The molecule has 0 radical (unpaired) electrons. The fourth-order valence-electron chi connectivity index (χ4n) is 1.95. The summed E-state index contributed by atoms with van der Waals surface area (Å²) in [5.41, 5.74) is 7.40. The van der Waals surface area contributed by atoms with Crippen molar-refractivity contribution in [3.63, 3.8) is 0 Å². The number of para-hydroxylation sites is 1. The highest BCUT2D eigenvalue weighted by Gasteiger charge is 2.11. The van der Waals surface area contributed by atoms with E-state index >= 15 is 0 Å². The minimum atomic E-state index is -0.327. The molecule has 0 heterocycles. The smallest absolute Gasteiger partial charge is 0.129 e. The van der Waals surface area contributed by atoms with E-state index in [0.29, 0.717) is 16.3 Å². The molecule has 0 amide bonds. The molecule has 0 aliphatic carbocycles. The highest BCUT2D eigenvalue weighted by Crippen LogP contribution is 2.26. The van der Waals surface area contributed by atoms with Gasteiger partial charge in [0.1, 0.15) is 18.2 Å². The molecular formula is C16H17ClFNO. The molecule has 0 spiro atoms. The fraction of sp³-hybridized carbons (Fsp3) is 0.250. The van der Waals surface area contributed by atoms with Crippen molar-refractivity contribution in [2.24, 2.45) is 5.73 Å². The lowest BCUT2D eigenvalue weighted by molar-refractivity contribution is 0.294. The third kappa shape index (κ3) is 3.50. The number of nitrogens with two attached hydrogens (primary N) is 1. The zero-order valence-corrected chi connectivity index (χ0v) is 12.0. The zero-order valence-electron chi connectivity index (χ0n) is 11.3. The highest BCUT2D eigenvalue weighted by atomic mass is 35.5. The van der Waals surface area contributed by atoms with Crippen LogP contribution in [-0.4, -0.2) is 0 Å². The number of halogens is 2. The lowest BCUT2D eigenvalue weighted by Crippen LogP contribution is -2.11. The van der Waals surface area contributed by atoms with Gasteiger partial charge in [-0.2, -0.15) is 0 Å². The van der Waals surface area contributed by atoms with E-state index in [1.165, 1.54) is 12.1 Å². The average molecular weight is 294 g/mol. The van der Waals surface area contributed by atoms with E-state index in [9.17, 15) is 4.39 Å². The summed E-state index contributed by atoms with van der Waals surface area (Å²) in [6.07, 6.45) is 0.811. The summed E-state index contributed by atoms with van der Waals surface area (Å²) < 4.78 is 19.3. The number of benzene rings is 2. The molecule has 0 bridgehead atoms. The van der Waals surface area contributed by atoms with Crippen molar-refractivity contribution < 1.29 is 9.13 Å². The second kappa shape index (κ2) is 6.73. The van der Waals surface area contributed by atoms with Crippen molar-refractivity contribution in [1.82, 2.24) is 0 Å². The quantitative estimate of drug-likeness (QED) is 0.883. The molecule has 2 aromatic carbocycles. The summed E-state index contributed by atoms with van der Waals surface area (Å²) in [5, 5.41) is 0.489. The number of ether oxygens (including phenoxy) is 1. The van der Waals surface area contributed by atoms with Crippen molar-refractivity contribution in [1.29, 1.82) is 0 Å². The first kappa shape index (κ1) is 14.8. The zero-order chi connectivity index (χ0) is 14.5. The molecule has 2 rings (SSSR count). The van der Waals surface area contributed by atoms with Crippen LogP contribution in [0.2, 0.25) is 5.02 Å². The second-order valence-electron chi connectivity index (χ2n) is 4.58. The third-order valence-electron chi connectivity index (χ3n) is 3.15. The molecule has 1 atom stereocenters. The van der Waals surface area contributed by atoms with Gasteiger partial charge in [-0.05, 0) is 30.7 Å². The van der Waals surface area contributed by atoms with Gasteiger partial charge in [0, 0.05) is 22.2 Å². The van der Waals surface area contributed by atoms with Crippen molar-refractivity contribution >= 4 is 11.6 Å². The molecule has 106 valence electrons. The van der Waals surface area contributed by atoms with Gasteiger partial charge in [-0.3, -0.25) is 0 Å². The van der Waals surface area contributed by atoms with Crippen LogP contribution in [0.5, 0.6) is 5.75 Å². The fourth-order valence-corrected chi connectivity index (χ4v) is 2.14. The van der Waals surface area contributed by atoms with Crippen molar-refractivity contribution in [2.45, 2.75) is 26.0 Å². The molecule has 2 aromatic rings. The van der Waals surface area contributed by atoms with Gasteiger partial charge in [0.05, 0.1) is 0 Å². The Hall–Kier alpha value is -1.58. The van der Waals surface area contributed by atoms with Crippen LogP contribution >= 0.6 is 11.6 Å². The molecule has 0 fully saturated rings. The predicted octanol–water partition coefficient (Wildman–Crippen LogP) is 4.47. The van der Waals surface area contributed by atoms with E-state index in [1.807, 2.05) is 31.2 Å². The van der Waals surface area contributed by atoms with Crippen LogP contribution in [0.25, 0.3) is 0 Å². The monoisotopic (exact) mass is 293 g/mol. The largest absolute Gasteiger partial charge is 0.488 e. The van der Waals surface area contributed by atoms with Crippen molar-refractivity contribution in [2.75, 3.05) is 0 Å². The Morgan fingerprint density at radius 3 is 2.75 bits per heavy atom. The minimum absolute atomic E-state index is 0.0876. The van der Waals surface area contributed by atoms with Gasteiger partial charge >= 0.3 is 0 Å². The van der Waals surface area contributed by atoms with Crippen molar-refractivity contribution in [3.8, 4) is 5.75 Å². The number of hydrogen-bond donors (Lipinski definition) is 1. The second-order valence-corrected chi connectivity index (χ2v) is 5.01. The molecule has 0 saturated heterocycles. The molecule has 0 aliphatic heterocycles. The first-order valence-electron chi connectivity index (χ1n) is 6.53. The summed E-state index contributed by atoms with van der Waals surface area (Å²) in [6, 6.07) is 11.9. The van der Waals surface area contributed by atoms with Gasteiger partial charge in [0.15, 0.2) is 0 Å². The van der Waals surface area contributed by atoms with Crippen LogP contribution < -0.4 is 10.5 Å². The highest BCUT2D eigenvalue weighted by molar-refractivity contribution is 6.30. The first-order valence-corrected chi connectivity index (χ1v) is 6.91. The summed E-state index contributed by atoms with van der Waals surface area (Å²) in [4.78, 5) is 0. The molecule has 0 aromatic heterocycles. The normalized spacial score (nSPS) is 12.2. The average Bonchev–Trinajstić information content (AvgIpc) is 2.47. The lowest BCUT2D eigenvalue weighted by atomic mass is 10.0. The third-order valence-corrected chi connectivity index (χ3v) is 3.38. The maximum atomic E-state index is 13.6. The Kier molecular flexibility index (Phi) is 4.99. The first-order chi connectivity index (χ1) is 9.61. The molecule has 0 aliphatic rings. The summed E-state index contributed by atoms with van der Waals surface area (Å²) in [7, 11) is 0. The Morgan fingerprint density at radius 2 is 2.00 bits per heavy atom. The van der Waals surface area contributed by atoms with Crippen LogP contribution in [0.15, 0.2) is 42.5 Å². The molecule has 4 heteroatoms. The Morgan fingerprint density at radius 1 is 1.25 bits per heavy atom. The Bertz CT molecular complexity index is 588. The van der Waals surface area contributed by atoms with Gasteiger partial charge < -0.3 is 10.5 Å². The van der Waals surface area contributed by atoms with E-state index in [2.05, 4.69) is 0 Å². The van der Waals surface area contributed by atoms with E-state index in [0.717, 1.165) is 12.0 Å². The maximum absolute atomic E-state index is 13.6. The standard InChI is InChI=1S/C16H17ClFNO/c1-2-15(19)13-5-3-4-6-16(13)20-10-11-9-12(17)7-8-14(11)18/h3-9,15H,2,10,19H2,1H3/t15-/m0/s1. The molecule has 0 unspecified atom stereocenters. The Balaban J connectivity index is 2.17. The maximum Gasteiger partial charge on any atom is 0.129 e. The van der Waals surface area contributed by atoms with Gasteiger partial charge in [0.2, 0.25) is 0 Å². The molecule has 0 saturated carbocycles.